The molecule has 1 aromatic heterocycles. The highest BCUT2D eigenvalue weighted by atomic mass is 35.5. The summed E-state index contributed by atoms with van der Waals surface area (Å²) < 4.78 is 137. The number of sulfonamides is 2. The summed E-state index contributed by atoms with van der Waals surface area (Å²) in [6.45, 7) is 1.19. The van der Waals surface area contributed by atoms with E-state index in [1.165, 1.54) is 36.4 Å². The Bertz CT molecular complexity index is 1670. The topological polar surface area (TPSA) is 117 Å². The van der Waals surface area contributed by atoms with Crippen molar-refractivity contribution in [3.05, 3.63) is 82.6 Å². The Morgan fingerprint density at radius 3 is 2.10 bits per heavy atom. The van der Waals surface area contributed by atoms with Crippen LogP contribution in [0.15, 0.2) is 70.6 Å². The third-order valence-corrected chi connectivity index (χ3v) is 10.2. The van der Waals surface area contributed by atoms with Crippen LogP contribution < -0.4 is 9.03 Å². The number of aryl methyl sites for hydroxylation is 2. The Morgan fingerprint density at radius 1 is 0.952 bits per heavy atom. The van der Waals surface area contributed by atoms with Gasteiger partial charge in [-0.05, 0) is 55.7 Å². The summed E-state index contributed by atoms with van der Waals surface area (Å²) in [4.78, 5) is 3.17. The third-order valence-electron chi connectivity index (χ3n) is 6.73. The molecule has 1 aliphatic rings. The molecule has 1 unspecified atom stereocenters. The van der Waals surface area contributed by atoms with Gasteiger partial charge >= 0.3 is 12.4 Å². The van der Waals surface area contributed by atoms with Gasteiger partial charge in [-0.3, -0.25) is 4.31 Å². The van der Waals surface area contributed by atoms with Crippen molar-refractivity contribution in [2.75, 3.05) is 10.8 Å². The molecule has 42 heavy (non-hydrogen) atoms. The number of alkyl halides is 6. The molecule has 0 amide bonds. The summed E-state index contributed by atoms with van der Waals surface area (Å²) in [5.41, 5.74) is -6.54. The summed E-state index contributed by atoms with van der Waals surface area (Å²) in [6, 6.07) is 8.30. The first kappa shape index (κ1) is 32.0. The van der Waals surface area contributed by atoms with E-state index >= 15 is 0 Å². The van der Waals surface area contributed by atoms with Gasteiger partial charge in [0.2, 0.25) is 10.0 Å². The highest BCUT2D eigenvalue weighted by molar-refractivity contribution is 7.93. The second-order valence-corrected chi connectivity index (χ2v) is 13.5. The summed E-state index contributed by atoms with van der Waals surface area (Å²) in [5, 5.41) is 9.89. The van der Waals surface area contributed by atoms with Gasteiger partial charge in [0.25, 0.3) is 15.6 Å². The van der Waals surface area contributed by atoms with Crippen LogP contribution in [0.4, 0.5) is 32.0 Å². The predicted octanol–water partition coefficient (Wildman–Crippen LogP) is 4.84. The Hall–Kier alpha value is -2.92. The molecule has 1 atom stereocenters. The van der Waals surface area contributed by atoms with E-state index in [4.69, 9.17) is 11.6 Å². The molecule has 0 fully saturated rings. The van der Waals surface area contributed by atoms with E-state index in [0.29, 0.717) is 17.7 Å². The van der Waals surface area contributed by atoms with Gasteiger partial charge < -0.3 is 5.11 Å². The summed E-state index contributed by atoms with van der Waals surface area (Å²) >= 11 is 5.69. The van der Waals surface area contributed by atoms with Gasteiger partial charge in [-0.25, -0.2) is 26.5 Å². The SMILES string of the molecule is Cc1ccc(S(=O)(=O)N2c3ccc(C(O)(C(F)(F)F)C(F)(F)F)cc3CCC2CNS(=O)(=O)c2ccc(Cl)nc2)cc1. The monoisotopic (exact) mass is 657 g/mol. The highest BCUT2D eigenvalue weighted by Gasteiger charge is 2.71. The van der Waals surface area contributed by atoms with Crippen molar-refractivity contribution >= 4 is 37.3 Å². The molecule has 8 nitrogen and oxygen atoms in total. The minimum absolute atomic E-state index is 0.0236. The lowest BCUT2D eigenvalue weighted by molar-refractivity contribution is -0.376. The number of nitrogens with one attached hydrogen (secondary N) is 1. The third kappa shape index (κ3) is 5.82. The molecule has 3 aromatic rings. The Labute approximate surface area is 242 Å². The zero-order chi connectivity index (χ0) is 31.3. The Balaban J connectivity index is 1.80. The van der Waals surface area contributed by atoms with Crippen LogP contribution in [0.2, 0.25) is 5.15 Å². The lowest BCUT2D eigenvalue weighted by Crippen LogP contribution is -2.54. The largest absolute Gasteiger partial charge is 0.430 e. The number of hydrogen-bond acceptors (Lipinski definition) is 6. The first-order chi connectivity index (χ1) is 19.3. The quantitative estimate of drug-likeness (QED) is 0.278. The first-order valence-corrected chi connectivity index (χ1v) is 15.3. The number of fused-ring (bicyclic) bond motifs is 1. The van der Waals surface area contributed by atoms with Crippen molar-refractivity contribution in [1.82, 2.24) is 9.71 Å². The number of nitrogens with zero attached hydrogens (tertiary/aromatic N) is 2. The minimum atomic E-state index is -6.14. The summed E-state index contributed by atoms with van der Waals surface area (Å²) in [5.74, 6) is 0. The molecule has 0 aliphatic carbocycles. The van der Waals surface area contributed by atoms with Gasteiger partial charge in [0.05, 0.1) is 16.6 Å². The predicted molar refractivity (Wildman–Crippen MR) is 140 cm³/mol. The maximum atomic E-state index is 13.8. The van der Waals surface area contributed by atoms with E-state index in [2.05, 4.69) is 9.71 Å². The molecule has 1 aliphatic heterocycles. The van der Waals surface area contributed by atoms with E-state index < -0.39 is 56.2 Å². The average molecular weight is 658 g/mol. The lowest BCUT2D eigenvalue weighted by atomic mass is 9.88. The smallest absolute Gasteiger partial charge is 0.369 e. The molecule has 228 valence electrons. The molecular formula is C25H22ClF6N3O5S2. The number of pyridine rings is 1. The van der Waals surface area contributed by atoms with Crippen LogP contribution in [0.5, 0.6) is 0 Å². The molecule has 17 heteroatoms. The molecular weight excluding hydrogens is 636 g/mol. The van der Waals surface area contributed by atoms with Crippen LogP contribution in [-0.4, -0.2) is 51.9 Å². The number of anilines is 1. The lowest BCUT2D eigenvalue weighted by Gasteiger charge is -2.39. The van der Waals surface area contributed by atoms with Crippen LogP contribution in [0.25, 0.3) is 0 Å². The maximum Gasteiger partial charge on any atom is 0.430 e. The summed E-state index contributed by atoms with van der Waals surface area (Å²) in [6.07, 6.45) is -11.7. The van der Waals surface area contributed by atoms with Crippen molar-refractivity contribution < 1.29 is 48.3 Å². The maximum absolute atomic E-state index is 13.8. The minimum Gasteiger partial charge on any atom is -0.369 e. The van der Waals surface area contributed by atoms with E-state index in [1.54, 1.807) is 6.92 Å². The van der Waals surface area contributed by atoms with Gasteiger partial charge in [-0.15, -0.1) is 0 Å². The van der Waals surface area contributed by atoms with Crippen LogP contribution in [-0.2, 0) is 32.1 Å². The van der Waals surface area contributed by atoms with Crippen molar-refractivity contribution in [3.8, 4) is 0 Å². The highest BCUT2D eigenvalue weighted by Crippen LogP contribution is 2.51. The molecule has 0 saturated heterocycles. The standard InChI is InChI=1S/C25H22ClF6N3O5S2/c1-15-2-7-19(8-3-15)42(39,40)35-18(13-34-41(37,38)20-9-11-22(26)33-14-20)6-4-16-12-17(5-10-21(16)35)23(36,24(27,28)29)25(30,31)32/h2-3,5,7-12,14,18,34,36H,4,6,13H2,1H3. The fraction of sp³-hybridized carbons (Fsp3) is 0.320. The number of benzene rings is 2. The average Bonchev–Trinajstić information content (AvgIpc) is 2.90. The molecule has 2 aromatic carbocycles. The van der Waals surface area contributed by atoms with Crippen LogP contribution in [0.1, 0.15) is 23.1 Å². The van der Waals surface area contributed by atoms with Gasteiger partial charge in [0.1, 0.15) is 10.0 Å². The van der Waals surface area contributed by atoms with Gasteiger partial charge in [-0.1, -0.05) is 41.4 Å². The number of halogens is 7. The second kappa shape index (κ2) is 11.0. The fourth-order valence-electron chi connectivity index (χ4n) is 4.49. The van der Waals surface area contributed by atoms with Crippen molar-refractivity contribution in [1.29, 1.82) is 0 Å². The second-order valence-electron chi connectivity index (χ2n) is 9.52. The van der Waals surface area contributed by atoms with Crippen molar-refractivity contribution in [3.63, 3.8) is 0 Å². The fourth-order valence-corrected chi connectivity index (χ4v) is 7.34. The Kier molecular flexibility index (Phi) is 8.36. The number of aliphatic hydroxyl groups is 1. The van der Waals surface area contributed by atoms with Crippen LogP contribution in [0, 0.1) is 6.92 Å². The summed E-state index contributed by atoms with van der Waals surface area (Å²) in [7, 11) is -8.75. The molecule has 0 saturated carbocycles. The van der Waals surface area contributed by atoms with Gasteiger partial charge in [0, 0.05) is 18.3 Å². The van der Waals surface area contributed by atoms with E-state index in [9.17, 15) is 48.3 Å². The Morgan fingerprint density at radius 2 is 1.55 bits per heavy atom. The zero-order valence-electron chi connectivity index (χ0n) is 21.4. The van der Waals surface area contributed by atoms with E-state index in [1.807, 2.05) is 0 Å². The van der Waals surface area contributed by atoms with Crippen molar-refractivity contribution in [2.24, 2.45) is 0 Å². The molecule has 2 heterocycles. The van der Waals surface area contributed by atoms with E-state index in [0.717, 1.165) is 16.6 Å². The zero-order valence-corrected chi connectivity index (χ0v) is 23.8. The van der Waals surface area contributed by atoms with Crippen LogP contribution >= 0.6 is 11.6 Å². The number of aromatic nitrogens is 1. The van der Waals surface area contributed by atoms with Gasteiger partial charge in [0.15, 0.2) is 0 Å². The number of rotatable bonds is 7. The molecule has 0 spiro atoms. The molecule has 0 bridgehead atoms. The normalized spacial score (nSPS) is 16.8. The number of hydrogen-bond donors (Lipinski definition) is 2. The molecule has 0 radical (unpaired) electrons. The van der Waals surface area contributed by atoms with Crippen molar-refractivity contribution in [2.45, 2.75) is 53.6 Å². The first-order valence-electron chi connectivity index (χ1n) is 12.0. The van der Waals surface area contributed by atoms with E-state index in [-0.39, 0.29) is 39.0 Å². The van der Waals surface area contributed by atoms with Crippen LogP contribution in [0.3, 0.4) is 0 Å². The van der Waals surface area contributed by atoms with Gasteiger partial charge in [-0.2, -0.15) is 26.3 Å². The molecule has 2 N–H and O–H groups in total. The molecule has 4 rings (SSSR count).